The van der Waals surface area contributed by atoms with E-state index in [-0.39, 0.29) is 5.69 Å². The molecule has 2 aromatic carbocycles. The average Bonchev–Trinajstić information content (AvgIpc) is 2.53. The van der Waals surface area contributed by atoms with Crippen molar-refractivity contribution in [1.29, 1.82) is 0 Å². The van der Waals surface area contributed by atoms with Crippen LogP contribution in [0.5, 0.6) is 0 Å². The van der Waals surface area contributed by atoms with Crippen LogP contribution in [0, 0.1) is 17.0 Å². The Morgan fingerprint density at radius 2 is 1.79 bits per heavy atom. The number of anilines is 2. The van der Waals surface area contributed by atoms with E-state index in [0.29, 0.717) is 12.1 Å². The number of carbonyl (C=O) groups is 1. The Balaban J connectivity index is 0.000000406. The number of nitrogens with one attached hydrogen (secondary N) is 1. The van der Waals surface area contributed by atoms with Gasteiger partial charge < -0.3 is 16.2 Å². The van der Waals surface area contributed by atoms with Crippen LogP contribution in [0.15, 0.2) is 42.5 Å². The van der Waals surface area contributed by atoms with Crippen molar-refractivity contribution in [2.45, 2.75) is 32.5 Å². The fourth-order valence-corrected chi connectivity index (χ4v) is 1.95. The quantitative estimate of drug-likeness (QED) is 0.411. The molecule has 0 saturated carbocycles. The lowest BCUT2D eigenvalue weighted by Crippen LogP contribution is -2.36. The lowest BCUT2D eigenvalue weighted by molar-refractivity contribution is -0.388. The van der Waals surface area contributed by atoms with Crippen molar-refractivity contribution in [3.8, 4) is 0 Å². The molecule has 10 heteroatoms. The fourth-order valence-electron chi connectivity index (χ4n) is 1.95. The van der Waals surface area contributed by atoms with Crippen molar-refractivity contribution in [1.82, 2.24) is 0 Å². The number of nitrogens with zero attached hydrogens (tertiary/aromatic N) is 1. The molecule has 0 fully saturated rings. The number of halogens is 3. The largest absolute Gasteiger partial charge is 0.423 e. The number of nitro groups is 1. The zero-order chi connectivity index (χ0) is 21.7. The van der Waals surface area contributed by atoms with Crippen molar-refractivity contribution in [2.24, 2.45) is 0 Å². The number of hydrogen-bond acceptors (Lipinski definition) is 5. The first-order valence-corrected chi connectivity index (χ1v) is 7.93. The summed E-state index contributed by atoms with van der Waals surface area (Å²) < 4.78 is 38.1. The molecule has 0 aliphatic rings. The Morgan fingerprint density at radius 3 is 2.18 bits per heavy atom. The van der Waals surface area contributed by atoms with E-state index in [9.17, 15) is 33.2 Å². The normalized spacial score (nSPS) is 11.2. The van der Waals surface area contributed by atoms with Gasteiger partial charge in [0.15, 0.2) is 0 Å². The fraction of sp³-hybridized carbons (Fsp3) is 0.278. The van der Waals surface area contributed by atoms with Crippen molar-refractivity contribution >= 4 is 23.0 Å². The van der Waals surface area contributed by atoms with Gasteiger partial charge in [0.1, 0.15) is 11.2 Å². The number of aliphatic hydroxyl groups is 1. The maximum absolute atomic E-state index is 12.7. The summed E-state index contributed by atoms with van der Waals surface area (Å²) in [6.45, 7) is 4.33. The van der Waals surface area contributed by atoms with Crippen LogP contribution >= 0.6 is 0 Å². The Kier molecular flexibility index (Phi) is 7.11. The van der Waals surface area contributed by atoms with Crippen LogP contribution in [-0.2, 0) is 11.0 Å². The minimum atomic E-state index is -4.93. The topological polar surface area (TPSA) is 118 Å². The van der Waals surface area contributed by atoms with E-state index in [1.54, 1.807) is 0 Å². The number of aryl methyl sites for hydroxylation is 1. The highest BCUT2D eigenvalue weighted by atomic mass is 19.4. The zero-order valence-corrected chi connectivity index (χ0v) is 15.4. The van der Waals surface area contributed by atoms with Gasteiger partial charge in [-0.3, -0.25) is 14.9 Å². The van der Waals surface area contributed by atoms with Crippen molar-refractivity contribution in [3.05, 3.63) is 63.7 Å². The smallest absolute Gasteiger partial charge is 0.399 e. The predicted octanol–water partition coefficient (Wildman–Crippen LogP) is 3.90. The number of alkyl halides is 3. The second kappa shape index (κ2) is 8.70. The van der Waals surface area contributed by atoms with Crippen molar-refractivity contribution < 1.29 is 28.0 Å². The van der Waals surface area contributed by atoms with Crippen molar-refractivity contribution in [3.63, 3.8) is 0 Å². The summed E-state index contributed by atoms with van der Waals surface area (Å²) in [7, 11) is 0. The van der Waals surface area contributed by atoms with E-state index < -0.39 is 33.9 Å². The molecule has 0 unspecified atom stereocenters. The Labute approximate surface area is 159 Å². The van der Waals surface area contributed by atoms with E-state index in [1.807, 2.05) is 36.5 Å². The molecule has 7 nitrogen and oxygen atoms in total. The molecule has 0 heterocycles. The Bertz CT molecular complexity index is 845. The highest BCUT2D eigenvalue weighted by Crippen LogP contribution is 2.37. The van der Waals surface area contributed by atoms with E-state index in [4.69, 9.17) is 5.73 Å². The van der Waals surface area contributed by atoms with Gasteiger partial charge in [-0.15, -0.1) is 0 Å². The molecule has 0 aromatic heterocycles. The number of carbonyl (C=O) groups excluding carboxylic acids is 1. The van der Waals surface area contributed by atoms with Crippen LogP contribution in [0.1, 0.15) is 25.0 Å². The maximum Gasteiger partial charge on any atom is 0.423 e. The molecule has 152 valence electrons. The van der Waals surface area contributed by atoms with Gasteiger partial charge in [0.25, 0.3) is 11.6 Å². The number of nitrogen functional groups attached to an aromatic ring is 1. The van der Waals surface area contributed by atoms with Gasteiger partial charge in [0.05, 0.1) is 4.92 Å². The lowest BCUT2D eigenvalue weighted by atomic mass is 10.1. The molecule has 2 rings (SSSR count). The second-order valence-electron chi connectivity index (χ2n) is 6.41. The highest BCUT2D eigenvalue weighted by Gasteiger charge is 2.38. The molecule has 28 heavy (non-hydrogen) atoms. The summed E-state index contributed by atoms with van der Waals surface area (Å²) in [5.41, 5.74) is 2.83. The van der Waals surface area contributed by atoms with Crippen LogP contribution in [0.2, 0.25) is 0 Å². The number of nitro benzene ring substituents is 1. The predicted molar refractivity (Wildman–Crippen MR) is 98.6 cm³/mol. The molecule has 0 spiro atoms. The number of benzene rings is 2. The van der Waals surface area contributed by atoms with Crippen LogP contribution < -0.4 is 11.1 Å². The number of hydrogen-bond donors (Lipinski definition) is 3. The van der Waals surface area contributed by atoms with Crippen LogP contribution in [-0.4, -0.2) is 21.5 Å². The summed E-state index contributed by atoms with van der Waals surface area (Å²) in [6.07, 6.45) is -4.93. The van der Waals surface area contributed by atoms with E-state index in [0.717, 1.165) is 25.6 Å². The third kappa shape index (κ3) is 6.88. The number of amides is 1. The van der Waals surface area contributed by atoms with Gasteiger partial charge in [-0.05, 0) is 50.6 Å². The molecule has 0 atom stereocenters. The second-order valence-corrected chi connectivity index (χ2v) is 6.41. The van der Waals surface area contributed by atoms with Gasteiger partial charge in [-0.2, -0.15) is 13.2 Å². The average molecular weight is 399 g/mol. The van der Waals surface area contributed by atoms with Gasteiger partial charge in [0, 0.05) is 17.4 Å². The van der Waals surface area contributed by atoms with Crippen molar-refractivity contribution in [2.75, 3.05) is 11.1 Å². The molecule has 0 aliphatic carbocycles. The highest BCUT2D eigenvalue weighted by molar-refractivity contribution is 5.96. The molecular weight excluding hydrogens is 379 g/mol. The lowest BCUT2D eigenvalue weighted by Gasteiger charge is -2.17. The van der Waals surface area contributed by atoms with Crippen LogP contribution in [0.4, 0.5) is 30.2 Å². The van der Waals surface area contributed by atoms with Crippen LogP contribution in [0.3, 0.4) is 0 Å². The minimum absolute atomic E-state index is 0.296. The molecule has 0 saturated heterocycles. The van der Waals surface area contributed by atoms with Gasteiger partial charge >= 0.3 is 6.18 Å². The molecule has 0 aliphatic heterocycles. The number of nitrogens with two attached hydrogens (primary N) is 1. The Hall–Kier alpha value is -3.14. The molecule has 0 bridgehead atoms. The minimum Gasteiger partial charge on any atom is -0.399 e. The van der Waals surface area contributed by atoms with Gasteiger partial charge in [-0.25, -0.2) is 0 Å². The van der Waals surface area contributed by atoms with E-state index >= 15 is 0 Å². The van der Waals surface area contributed by atoms with Gasteiger partial charge in [-0.1, -0.05) is 12.1 Å². The molecule has 1 amide bonds. The standard InChI is InChI=1S/C11H11F3N2O4.C7H9N/c1-10(2,18)9(17)15-6-3-4-8(16(19)20)7(5-6)11(12,13)14;1-6-3-2-4-7(8)5-6/h3-5,18H,1-2H3,(H,15,17);2-5H,8H2,1H3. The molecule has 0 radical (unpaired) electrons. The summed E-state index contributed by atoms with van der Waals surface area (Å²) >= 11 is 0. The monoisotopic (exact) mass is 399 g/mol. The SMILES string of the molecule is CC(C)(O)C(=O)Nc1ccc([N+](=O)[O-])c(C(F)(F)F)c1.Cc1cccc(N)c1. The summed E-state index contributed by atoms with van der Waals surface area (Å²) in [5.74, 6) is -0.931. The number of rotatable bonds is 3. The molecule has 2 aromatic rings. The first-order chi connectivity index (χ1) is 12.7. The molecular formula is C18H20F3N3O4. The third-order valence-corrected chi connectivity index (χ3v) is 3.35. The van der Waals surface area contributed by atoms with E-state index in [2.05, 4.69) is 0 Å². The summed E-state index contributed by atoms with van der Waals surface area (Å²) in [4.78, 5) is 20.8. The summed E-state index contributed by atoms with van der Waals surface area (Å²) in [5, 5.41) is 22.0. The zero-order valence-electron chi connectivity index (χ0n) is 15.4. The Morgan fingerprint density at radius 1 is 1.18 bits per heavy atom. The summed E-state index contributed by atoms with van der Waals surface area (Å²) in [6, 6.07) is 9.84. The van der Waals surface area contributed by atoms with E-state index in [1.165, 1.54) is 5.56 Å². The van der Waals surface area contributed by atoms with Gasteiger partial charge in [0.2, 0.25) is 0 Å². The third-order valence-electron chi connectivity index (χ3n) is 3.35. The first-order valence-electron chi connectivity index (χ1n) is 7.93. The van der Waals surface area contributed by atoms with Crippen LogP contribution in [0.25, 0.3) is 0 Å². The first kappa shape index (κ1) is 22.9. The molecule has 4 N–H and O–H groups in total. The maximum atomic E-state index is 12.7.